The first-order valence-corrected chi connectivity index (χ1v) is 7.37. The van der Waals surface area contributed by atoms with Crippen molar-refractivity contribution in [2.75, 3.05) is 0 Å². The predicted molar refractivity (Wildman–Crippen MR) is 76.1 cm³/mol. The minimum absolute atomic E-state index is 0.0150. The fraction of sp³-hybridized carbons (Fsp3) is 0.545. The molecular formula is C11H15Br2NOS. The molecular weight excluding hydrogens is 354 g/mol. The smallest absolute Gasteiger partial charge is 0.261 e. The Balaban J connectivity index is 2.73. The van der Waals surface area contributed by atoms with E-state index in [1.807, 2.05) is 13.0 Å². The van der Waals surface area contributed by atoms with Gasteiger partial charge in [-0.3, -0.25) is 4.79 Å². The number of amides is 1. The minimum atomic E-state index is -0.0150. The fourth-order valence-electron chi connectivity index (χ4n) is 0.943. The lowest BCUT2D eigenvalue weighted by molar-refractivity contribution is 0.0914. The number of rotatable bonds is 2. The van der Waals surface area contributed by atoms with Crippen molar-refractivity contribution in [1.29, 1.82) is 0 Å². The molecule has 0 aliphatic carbocycles. The van der Waals surface area contributed by atoms with E-state index in [0.29, 0.717) is 0 Å². The molecule has 1 rings (SSSR count). The van der Waals surface area contributed by atoms with Crippen LogP contribution in [-0.4, -0.2) is 11.9 Å². The number of halogens is 2. The van der Waals surface area contributed by atoms with Crippen LogP contribution in [0, 0.1) is 5.41 Å². The van der Waals surface area contributed by atoms with Crippen molar-refractivity contribution < 1.29 is 4.79 Å². The highest BCUT2D eigenvalue weighted by Crippen LogP contribution is 2.32. The molecule has 0 radical (unpaired) electrons. The van der Waals surface area contributed by atoms with E-state index in [1.165, 1.54) is 11.3 Å². The fourth-order valence-corrected chi connectivity index (χ4v) is 2.88. The predicted octanol–water partition coefficient (Wildman–Crippen LogP) is 4.44. The van der Waals surface area contributed by atoms with Gasteiger partial charge in [-0.1, -0.05) is 20.8 Å². The van der Waals surface area contributed by atoms with Gasteiger partial charge in [0.2, 0.25) is 0 Å². The zero-order valence-corrected chi connectivity index (χ0v) is 13.7. The van der Waals surface area contributed by atoms with Crippen LogP contribution in [0.2, 0.25) is 0 Å². The molecule has 0 saturated carbocycles. The van der Waals surface area contributed by atoms with E-state index in [0.717, 1.165) is 13.1 Å². The van der Waals surface area contributed by atoms with Gasteiger partial charge >= 0.3 is 0 Å². The van der Waals surface area contributed by atoms with Gasteiger partial charge in [0, 0.05) is 10.5 Å². The zero-order valence-electron chi connectivity index (χ0n) is 9.73. The molecule has 1 N–H and O–H groups in total. The van der Waals surface area contributed by atoms with Gasteiger partial charge in [-0.05, 0) is 50.3 Å². The second-order valence-electron chi connectivity index (χ2n) is 4.79. The van der Waals surface area contributed by atoms with Crippen molar-refractivity contribution in [3.63, 3.8) is 0 Å². The highest BCUT2D eigenvalue weighted by molar-refractivity contribution is 9.13. The highest BCUT2D eigenvalue weighted by atomic mass is 79.9. The lowest BCUT2D eigenvalue weighted by Crippen LogP contribution is -2.41. The van der Waals surface area contributed by atoms with Crippen LogP contribution in [0.3, 0.4) is 0 Å². The summed E-state index contributed by atoms with van der Waals surface area (Å²) in [5.41, 5.74) is 0.0708. The van der Waals surface area contributed by atoms with Crippen LogP contribution in [0.25, 0.3) is 0 Å². The van der Waals surface area contributed by atoms with Crippen molar-refractivity contribution in [2.45, 2.75) is 33.7 Å². The summed E-state index contributed by atoms with van der Waals surface area (Å²) in [7, 11) is 0. The molecule has 0 spiro atoms. The first kappa shape index (κ1) is 14.2. The molecule has 1 aromatic rings. The van der Waals surface area contributed by atoms with Gasteiger partial charge in [-0.15, -0.1) is 11.3 Å². The van der Waals surface area contributed by atoms with E-state index < -0.39 is 0 Å². The average Bonchev–Trinajstić information content (AvgIpc) is 2.45. The average molecular weight is 369 g/mol. The maximum absolute atomic E-state index is 11.9. The maximum Gasteiger partial charge on any atom is 0.261 e. The molecule has 1 heterocycles. The van der Waals surface area contributed by atoms with Crippen molar-refractivity contribution in [3.8, 4) is 0 Å². The summed E-state index contributed by atoms with van der Waals surface area (Å²) in [6.45, 7) is 8.35. The summed E-state index contributed by atoms with van der Waals surface area (Å²) >= 11 is 8.19. The van der Waals surface area contributed by atoms with Crippen molar-refractivity contribution in [2.24, 2.45) is 5.41 Å². The Morgan fingerprint density at radius 1 is 1.44 bits per heavy atom. The van der Waals surface area contributed by atoms with Gasteiger partial charge in [0.15, 0.2) is 0 Å². The molecule has 1 amide bonds. The van der Waals surface area contributed by atoms with E-state index in [-0.39, 0.29) is 17.4 Å². The van der Waals surface area contributed by atoms with Crippen LogP contribution in [0.4, 0.5) is 0 Å². The third-order valence-electron chi connectivity index (χ3n) is 2.52. The molecule has 0 aromatic carbocycles. The van der Waals surface area contributed by atoms with Crippen molar-refractivity contribution >= 4 is 49.1 Å². The molecule has 0 aliphatic rings. The van der Waals surface area contributed by atoms with Crippen LogP contribution in [0.5, 0.6) is 0 Å². The summed E-state index contributed by atoms with van der Waals surface area (Å²) in [5, 5.41) is 3.01. The Labute approximate surface area is 117 Å². The van der Waals surface area contributed by atoms with Crippen molar-refractivity contribution in [3.05, 3.63) is 19.2 Å². The quantitative estimate of drug-likeness (QED) is 0.821. The summed E-state index contributed by atoms with van der Waals surface area (Å²) in [5.74, 6) is -0.0150. The summed E-state index contributed by atoms with van der Waals surface area (Å²) in [6.07, 6.45) is 0. The Hall–Kier alpha value is 0.130. The largest absolute Gasteiger partial charge is 0.348 e. The Morgan fingerprint density at radius 2 is 2.00 bits per heavy atom. The normalized spacial score (nSPS) is 13.6. The van der Waals surface area contributed by atoms with E-state index in [9.17, 15) is 4.79 Å². The lowest BCUT2D eigenvalue weighted by Gasteiger charge is -2.27. The van der Waals surface area contributed by atoms with E-state index in [2.05, 4.69) is 57.9 Å². The van der Waals surface area contributed by atoms with E-state index >= 15 is 0 Å². The first-order valence-electron chi connectivity index (χ1n) is 4.97. The van der Waals surface area contributed by atoms with Crippen LogP contribution in [0.15, 0.2) is 14.3 Å². The van der Waals surface area contributed by atoms with Gasteiger partial charge in [-0.2, -0.15) is 0 Å². The van der Waals surface area contributed by atoms with Gasteiger partial charge in [0.25, 0.3) is 5.91 Å². The summed E-state index contributed by atoms with van der Waals surface area (Å²) < 4.78 is 1.87. The molecule has 0 fully saturated rings. The van der Waals surface area contributed by atoms with Gasteiger partial charge < -0.3 is 5.32 Å². The van der Waals surface area contributed by atoms with Crippen LogP contribution in [0.1, 0.15) is 37.4 Å². The molecule has 90 valence electrons. The monoisotopic (exact) mass is 367 g/mol. The Kier molecular flexibility index (Phi) is 4.60. The van der Waals surface area contributed by atoms with Crippen LogP contribution in [-0.2, 0) is 0 Å². The number of carbonyl (C=O) groups excluding carboxylic acids is 1. The number of hydrogen-bond acceptors (Lipinski definition) is 2. The molecule has 0 saturated heterocycles. The second-order valence-corrected chi connectivity index (χ2v) is 8.02. The molecule has 1 atom stereocenters. The molecule has 1 aromatic heterocycles. The van der Waals surface area contributed by atoms with E-state index in [4.69, 9.17) is 0 Å². The van der Waals surface area contributed by atoms with E-state index in [1.54, 1.807) is 0 Å². The highest BCUT2D eigenvalue weighted by Gasteiger charge is 2.23. The molecule has 1 unspecified atom stereocenters. The van der Waals surface area contributed by atoms with Gasteiger partial charge in [-0.25, -0.2) is 0 Å². The number of hydrogen-bond donors (Lipinski definition) is 1. The standard InChI is InChI=1S/C11H15Br2NOS/c1-6(11(2,3)4)14-10(15)8-5-7(12)9(13)16-8/h5-6H,1-4H3,(H,14,15). The Morgan fingerprint density at radius 3 is 2.38 bits per heavy atom. The minimum Gasteiger partial charge on any atom is -0.348 e. The van der Waals surface area contributed by atoms with Crippen LogP contribution < -0.4 is 5.32 Å². The maximum atomic E-state index is 11.9. The van der Waals surface area contributed by atoms with Gasteiger partial charge in [0.1, 0.15) is 0 Å². The summed E-state index contributed by atoms with van der Waals surface area (Å²) in [4.78, 5) is 12.6. The number of carbonyl (C=O) groups is 1. The topological polar surface area (TPSA) is 29.1 Å². The molecule has 5 heteroatoms. The van der Waals surface area contributed by atoms with Crippen molar-refractivity contribution in [1.82, 2.24) is 5.32 Å². The molecule has 2 nitrogen and oxygen atoms in total. The summed E-state index contributed by atoms with van der Waals surface area (Å²) in [6, 6.07) is 1.97. The number of nitrogens with one attached hydrogen (secondary N) is 1. The van der Waals surface area contributed by atoms with Gasteiger partial charge in [0.05, 0.1) is 8.66 Å². The molecule has 0 bridgehead atoms. The first-order chi connectivity index (χ1) is 7.21. The molecule has 16 heavy (non-hydrogen) atoms. The number of thiophene rings is 1. The second kappa shape index (κ2) is 5.19. The van der Waals surface area contributed by atoms with Crippen LogP contribution >= 0.6 is 43.2 Å². The Bertz CT molecular complexity index is 376. The third kappa shape index (κ3) is 3.57. The SMILES string of the molecule is CC(NC(=O)c1cc(Br)c(Br)s1)C(C)(C)C. The lowest BCUT2D eigenvalue weighted by atomic mass is 9.88. The third-order valence-corrected chi connectivity index (χ3v) is 5.77. The zero-order chi connectivity index (χ0) is 12.5. The molecule has 0 aliphatic heterocycles.